The molecule has 0 radical (unpaired) electrons. The quantitative estimate of drug-likeness (QED) is 0.762. The van der Waals surface area contributed by atoms with Crippen LogP contribution >= 0.6 is 0 Å². The maximum Gasteiger partial charge on any atom is 0.407 e. The molecule has 1 aliphatic rings. The third-order valence-electron chi connectivity index (χ3n) is 3.31. The number of carbonyl (C=O) groups excluding carboxylic acids is 2. The van der Waals surface area contributed by atoms with E-state index < -0.39 is 12.2 Å². The molecule has 2 atom stereocenters. The Morgan fingerprint density at radius 2 is 2.15 bits per heavy atom. The Kier molecular flexibility index (Phi) is 4.95. The number of nitrogens with one attached hydrogen (secondary N) is 1. The first kappa shape index (κ1) is 14.3. The van der Waals surface area contributed by atoms with Crippen molar-refractivity contribution in [3.63, 3.8) is 0 Å². The van der Waals surface area contributed by atoms with Gasteiger partial charge in [0, 0.05) is 25.6 Å². The van der Waals surface area contributed by atoms with Gasteiger partial charge in [0.25, 0.3) is 0 Å². The summed E-state index contributed by atoms with van der Waals surface area (Å²) in [5.41, 5.74) is 0.913. The first-order chi connectivity index (χ1) is 9.69. The molecule has 1 aromatic rings. The molecule has 2 N–H and O–H groups in total. The van der Waals surface area contributed by atoms with Crippen LogP contribution in [0, 0.1) is 5.92 Å². The second kappa shape index (κ2) is 6.91. The van der Waals surface area contributed by atoms with E-state index in [0.29, 0.717) is 26.0 Å². The Morgan fingerprint density at radius 1 is 1.40 bits per heavy atom. The number of hydrogen-bond donors (Lipinski definition) is 2. The zero-order chi connectivity index (χ0) is 14.4. The summed E-state index contributed by atoms with van der Waals surface area (Å²) in [5.74, 6) is -0.149. The monoisotopic (exact) mass is 278 g/mol. The first-order valence-corrected chi connectivity index (χ1v) is 6.51. The molecule has 2 amide bonds. The number of hydrogen-bond acceptors (Lipinski definition) is 4. The van der Waals surface area contributed by atoms with E-state index in [4.69, 9.17) is 4.74 Å². The maximum atomic E-state index is 11.5. The number of β-amino-alcohol motifs (C(OH)–C–C–N with tert-alkyl or cyclic N) is 1. The van der Waals surface area contributed by atoms with Crippen LogP contribution in [0.5, 0.6) is 0 Å². The molecule has 0 aromatic heterocycles. The first-order valence-electron chi connectivity index (χ1n) is 6.51. The van der Waals surface area contributed by atoms with Gasteiger partial charge in [-0.3, -0.25) is 4.79 Å². The number of alkyl carbamates (subject to hydrolysis) is 1. The van der Waals surface area contributed by atoms with Crippen molar-refractivity contribution < 1.29 is 19.4 Å². The highest BCUT2D eigenvalue weighted by Gasteiger charge is 2.30. The van der Waals surface area contributed by atoms with E-state index in [0.717, 1.165) is 5.56 Å². The summed E-state index contributed by atoms with van der Waals surface area (Å²) in [4.78, 5) is 23.6. The Bertz CT molecular complexity index is 452. The standard InChI is InChI=1S/C14H18N2O4/c17-10-16-7-12(13(18)8-16)6-15-14(19)20-9-11-4-2-1-3-5-11/h1-5,10,12-13,18H,6-9H2,(H,15,19)/t12-,13+/m1/s1. The normalized spacial score (nSPS) is 21.6. The molecule has 1 saturated heterocycles. The lowest BCUT2D eigenvalue weighted by Gasteiger charge is -2.14. The van der Waals surface area contributed by atoms with Crippen LogP contribution in [-0.2, 0) is 16.1 Å². The van der Waals surface area contributed by atoms with Crippen LogP contribution < -0.4 is 5.32 Å². The highest BCUT2D eigenvalue weighted by molar-refractivity contribution is 5.67. The number of benzene rings is 1. The molecule has 0 saturated carbocycles. The van der Waals surface area contributed by atoms with Crippen LogP contribution in [0.25, 0.3) is 0 Å². The molecule has 6 heteroatoms. The van der Waals surface area contributed by atoms with Crippen LogP contribution in [0.1, 0.15) is 5.56 Å². The Labute approximate surface area is 117 Å². The summed E-state index contributed by atoms with van der Waals surface area (Å²) in [5, 5.41) is 12.3. The molecule has 2 rings (SSSR count). The van der Waals surface area contributed by atoms with Crippen molar-refractivity contribution in [2.24, 2.45) is 5.92 Å². The molecule has 1 fully saturated rings. The average molecular weight is 278 g/mol. The fraction of sp³-hybridized carbons (Fsp3) is 0.429. The second-order valence-electron chi connectivity index (χ2n) is 4.83. The van der Waals surface area contributed by atoms with Gasteiger partial charge in [0.1, 0.15) is 6.61 Å². The van der Waals surface area contributed by atoms with Crippen LogP contribution in [-0.4, -0.2) is 48.2 Å². The number of ether oxygens (including phenoxy) is 1. The summed E-state index contributed by atoms with van der Waals surface area (Å²) in [6, 6.07) is 9.38. The minimum Gasteiger partial charge on any atom is -0.445 e. The molecule has 20 heavy (non-hydrogen) atoms. The summed E-state index contributed by atoms with van der Waals surface area (Å²) in [7, 11) is 0. The highest BCUT2D eigenvalue weighted by atomic mass is 16.5. The van der Waals surface area contributed by atoms with Gasteiger partial charge >= 0.3 is 6.09 Å². The average Bonchev–Trinajstić information content (AvgIpc) is 2.84. The number of aliphatic hydroxyl groups is 1. The second-order valence-corrected chi connectivity index (χ2v) is 4.83. The third-order valence-corrected chi connectivity index (χ3v) is 3.31. The topological polar surface area (TPSA) is 78.9 Å². The Hall–Kier alpha value is -2.08. The highest BCUT2D eigenvalue weighted by Crippen LogP contribution is 2.14. The van der Waals surface area contributed by atoms with Gasteiger partial charge in [0.05, 0.1) is 6.10 Å². The molecule has 1 aliphatic heterocycles. The van der Waals surface area contributed by atoms with Crippen molar-refractivity contribution >= 4 is 12.5 Å². The SMILES string of the molecule is O=CN1C[C@@H](CNC(=O)OCc2ccccc2)[C@@H](O)C1. The van der Waals surface area contributed by atoms with Gasteiger partial charge in [-0.25, -0.2) is 4.79 Å². The van der Waals surface area contributed by atoms with E-state index in [9.17, 15) is 14.7 Å². The van der Waals surface area contributed by atoms with Crippen LogP contribution in [0.4, 0.5) is 4.79 Å². The molecule has 0 aliphatic carbocycles. The van der Waals surface area contributed by atoms with Gasteiger partial charge in [0.15, 0.2) is 0 Å². The van der Waals surface area contributed by atoms with Crippen molar-refractivity contribution in [1.29, 1.82) is 0 Å². The summed E-state index contributed by atoms with van der Waals surface area (Å²) >= 11 is 0. The zero-order valence-electron chi connectivity index (χ0n) is 11.1. The van der Waals surface area contributed by atoms with Crippen molar-refractivity contribution in [3.8, 4) is 0 Å². The molecule has 0 spiro atoms. The number of aliphatic hydroxyl groups excluding tert-OH is 1. The number of amides is 2. The smallest absolute Gasteiger partial charge is 0.407 e. The Balaban J connectivity index is 1.69. The molecule has 0 unspecified atom stereocenters. The van der Waals surface area contributed by atoms with Gasteiger partial charge in [-0.2, -0.15) is 0 Å². The lowest BCUT2D eigenvalue weighted by Crippen LogP contribution is -2.34. The van der Waals surface area contributed by atoms with E-state index in [-0.39, 0.29) is 12.5 Å². The van der Waals surface area contributed by atoms with E-state index in [1.165, 1.54) is 4.90 Å². The lowest BCUT2D eigenvalue weighted by atomic mass is 10.1. The Morgan fingerprint density at radius 3 is 2.80 bits per heavy atom. The van der Waals surface area contributed by atoms with Gasteiger partial charge < -0.3 is 20.1 Å². The predicted octanol–water partition coefficient (Wildman–Crippen LogP) is 0.362. The van der Waals surface area contributed by atoms with E-state index in [2.05, 4.69) is 5.32 Å². The molecule has 6 nitrogen and oxygen atoms in total. The maximum absolute atomic E-state index is 11.5. The van der Waals surface area contributed by atoms with Crippen molar-refractivity contribution in [2.75, 3.05) is 19.6 Å². The largest absolute Gasteiger partial charge is 0.445 e. The van der Waals surface area contributed by atoms with Crippen LogP contribution in [0.15, 0.2) is 30.3 Å². The van der Waals surface area contributed by atoms with Crippen molar-refractivity contribution in [3.05, 3.63) is 35.9 Å². The zero-order valence-corrected chi connectivity index (χ0v) is 11.1. The molecular weight excluding hydrogens is 260 g/mol. The number of likely N-dealkylation sites (tertiary alicyclic amines) is 1. The van der Waals surface area contributed by atoms with E-state index >= 15 is 0 Å². The molecule has 1 aromatic carbocycles. The van der Waals surface area contributed by atoms with Crippen LogP contribution in [0.3, 0.4) is 0 Å². The molecular formula is C14H18N2O4. The fourth-order valence-electron chi connectivity index (χ4n) is 2.16. The van der Waals surface area contributed by atoms with Gasteiger partial charge in [0.2, 0.25) is 6.41 Å². The van der Waals surface area contributed by atoms with E-state index in [1.807, 2.05) is 30.3 Å². The third kappa shape index (κ3) is 3.96. The molecule has 1 heterocycles. The van der Waals surface area contributed by atoms with Crippen molar-refractivity contribution in [2.45, 2.75) is 12.7 Å². The fourth-order valence-corrected chi connectivity index (χ4v) is 2.16. The van der Waals surface area contributed by atoms with E-state index in [1.54, 1.807) is 0 Å². The van der Waals surface area contributed by atoms with Gasteiger partial charge in [-0.05, 0) is 5.56 Å². The minimum atomic E-state index is -0.602. The minimum absolute atomic E-state index is 0.149. The predicted molar refractivity (Wildman–Crippen MR) is 71.8 cm³/mol. The van der Waals surface area contributed by atoms with Gasteiger partial charge in [-0.15, -0.1) is 0 Å². The van der Waals surface area contributed by atoms with Crippen LogP contribution in [0.2, 0.25) is 0 Å². The summed E-state index contributed by atoms with van der Waals surface area (Å²) in [6.07, 6.45) is -0.419. The number of carbonyl (C=O) groups is 2. The number of nitrogens with zero attached hydrogens (tertiary/aromatic N) is 1. The summed E-state index contributed by atoms with van der Waals surface area (Å²) < 4.78 is 5.06. The lowest BCUT2D eigenvalue weighted by molar-refractivity contribution is -0.117. The summed E-state index contributed by atoms with van der Waals surface area (Å²) in [6.45, 7) is 1.26. The van der Waals surface area contributed by atoms with Crippen molar-refractivity contribution in [1.82, 2.24) is 10.2 Å². The van der Waals surface area contributed by atoms with Gasteiger partial charge in [-0.1, -0.05) is 30.3 Å². The molecule has 0 bridgehead atoms. The number of rotatable bonds is 5. The molecule has 108 valence electrons.